The van der Waals surface area contributed by atoms with Crippen LogP contribution in [-0.2, 0) is 6.54 Å². The molecule has 2 heterocycles. The summed E-state index contributed by atoms with van der Waals surface area (Å²) in [7, 11) is 0. The van der Waals surface area contributed by atoms with Crippen LogP contribution < -0.4 is 5.32 Å². The molecular weight excluding hydrogens is 311 g/mol. The van der Waals surface area contributed by atoms with Crippen molar-refractivity contribution in [2.24, 2.45) is 0 Å². The van der Waals surface area contributed by atoms with Gasteiger partial charge in [-0.2, -0.15) is 0 Å². The van der Waals surface area contributed by atoms with Crippen molar-refractivity contribution in [3.05, 3.63) is 72.2 Å². The number of rotatable bonds is 4. The molecule has 114 valence electrons. The fraction of sp³-hybridized carbons (Fsp3) is 0.0588. The first kappa shape index (κ1) is 13.9. The number of hydrogen-bond acceptors (Lipinski definition) is 4. The third-order valence-corrected chi connectivity index (χ3v) is 4.33. The van der Waals surface area contributed by atoms with Gasteiger partial charge >= 0.3 is 0 Å². The van der Waals surface area contributed by atoms with Crippen molar-refractivity contribution < 1.29 is 4.39 Å². The molecule has 1 N–H and O–H groups in total. The highest BCUT2D eigenvalue weighted by atomic mass is 32.1. The molecule has 2 aromatic carbocycles. The summed E-state index contributed by atoms with van der Waals surface area (Å²) in [6.45, 7) is 0.717. The molecule has 0 fully saturated rings. The van der Waals surface area contributed by atoms with E-state index >= 15 is 0 Å². The Hall–Kier alpha value is -2.73. The Morgan fingerprint density at radius 2 is 1.96 bits per heavy atom. The highest BCUT2D eigenvalue weighted by Crippen LogP contribution is 2.25. The monoisotopic (exact) mass is 324 g/mol. The van der Waals surface area contributed by atoms with Gasteiger partial charge in [-0.3, -0.25) is 0 Å². The fourth-order valence-electron chi connectivity index (χ4n) is 2.33. The number of imidazole rings is 1. The summed E-state index contributed by atoms with van der Waals surface area (Å²) in [5.41, 5.74) is 2.67. The Morgan fingerprint density at radius 1 is 1.09 bits per heavy atom. The molecule has 0 aliphatic heterocycles. The van der Waals surface area contributed by atoms with E-state index in [4.69, 9.17) is 0 Å². The van der Waals surface area contributed by atoms with E-state index in [1.807, 2.05) is 30.5 Å². The van der Waals surface area contributed by atoms with E-state index in [2.05, 4.69) is 27.5 Å². The molecule has 23 heavy (non-hydrogen) atoms. The van der Waals surface area contributed by atoms with E-state index in [0.717, 1.165) is 21.3 Å². The molecule has 0 spiro atoms. The van der Waals surface area contributed by atoms with Gasteiger partial charge in [-0.1, -0.05) is 53.8 Å². The number of nitrogens with zero attached hydrogens (tertiary/aromatic N) is 3. The molecule has 0 amide bonds. The van der Waals surface area contributed by atoms with Crippen LogP contribution in [0.25, 0.3) is 16.2 Å². The van der Waals surface area contributed by atoms with Crippen molar-refractivity contribution in [1.82, 2.24) is 14.6 Å². The van der Waals surface area contributed by atoms with Gasteiger partial charge in [0.15, 0.2) is 0 Å². The lowest BCUT2D eigenvalue weighted by Crippen LogP contribution is -1.99. The predicted octanol–water partition coefficient (Wildman–Crippen LogP) is 4.21. The summed E-state index contributed by atoms with van der Waals surface area (Å²) in [5, 5.41) is 8.56. The minimum absolute atomic E-state index is 0.267. The molecular formula is C17H13FN4S. The standard InChI is InChI=1S/C17H13FN4S/c18-14-8-4-7-13(9-14)15-11-22-17(20-15)23-16(21-22)19-10-12-5-2-1-3-6-12/h1-9,11H,10H2,(H,19,21). The molecule has 0 saturated carbocycles. The highest BCUT2D eigenvalue weighted by molar-refractivity contribution is 7.20. The van der Waals surface area contributed by atoms with Gasteiger partial charge in [-0.05, 0) is 17.7 Å². The lowest BCUT2D eigenvalue weighted by Gasteiger charge is -2.01. The quantitative estimate of drug-likeness (QED) is 0.611. The minimum atomic E-state index is -0.267. The van der Waals surface area contributed by atoms with E-state index in [0.29, 0.717) is 6.54 Å². The molecule has 0 aliphatic carbocycles. The topological polar surface area (TPSA) is 42.2 Å². The smallest absolute Gasteiger partial charge is 0.214 e. The first-order chi connectivity index (χ1) is 11.3. The molecule has 0 atom stereocenters. The summed E-state index contributed by atoms with van der Waals surface area (Å²) in [4.78, 5) is 5.29. The summed E-state index contributed by atoms with van der Waals surface area (Å²) in [6.07, 6.45) is 1.81. The first-order valence-corrected chi connectivity index (χ1v) is 7.99. The van der Waals surface area contributed by atoms with Gasteiger partial charge in [0.25, 0.3) is 0 Å². The maximum atomic E-state index is 13.3. The lowest BCUT2D eigenvalue weighted by atomic mass is 10.2. The van der Waals surface area contributed by atoms with Gasteiger partial charge in [0.1, 0.15) is 5.82 Å². The molecule has 4 rings (SSSR count). The van der Waals surface area contributed by atoms with Gasteiger partial charge in [-0.15, -0.1) is 5.10 Å². The largest absolute Gasteiger partial charge is 0.356 e. The van der Waals surface area contributed by atoms with Gasteiger partial charge in [0, 0.05) is 12.1 Å². The summed E-state index contributed by atoms with van der Waals surface area (Å²) in [5.74, 6) is -0.267. The zero-order chi connectivity index (χ0) is 15.6. The number of fused-ring (bicyclic) bond motifs is 1. The zero-order valence-corrected chi connectivity index (χ0v) is 12.9. The minimum Gasteiger partial charge on any atom is -0.356 e. The van der Waals surface area contributed by atoms with Gasteiger partial charge in [0.05, 0.1) is 11.9 Å². The maximum Gasteiger partial charge on any atom is 0.214 e. The van der Waals surface area contributed by atoms with E-state index in [-0.39, 0.29) is 5.82 Å². The SMILES string of the molecule is Fc1cccc(-c2cn3nc(NCc4ccccc4)sc3n2)c1. The highest BCUT2D eigenvalue weighted by Gasteiger charge is 2.10. The van der Waals surface area contributed by atoms with E-state index in [1.54, 1.807) is 10.6 Å². The van der Waals surface area contributed by atoms with Crippen molar-refractivity contribution >= 4 is 21.4 Å². The molecule has 0 saturated heterocycles. The molecule has 0 bridgehead atoms. The van der Waals surface area contributed by atoms with Gasteiger partial charge in [0.2, 0.25) is 10.1 Å². The second-order valence-corrected chi connectivity index (χ2v) is 6.07. The second kappa shape index (κ2) is 5.81. The van der Waals surface area contributed by atoms with E-state index in [9.17, 15) is 4.39 Å². The predicted molar refractivity (Wildman–Crippen MR) is 90.0 cm³/mol. The van der Waals surface area contributed by atoms with Crippen LogP contribution in [0.4, 0.5) is 9.52 Å². The summed E-state index contributed by atoms with van der Waals surface area (Å²) in [6, 6.07) is 16.6. The van der Waals surface area contributed by atoms with Crippen molar-refractivity contribution in [2.45, 2.75) is 6.54 Å². The third kappa shape index (κ3) is 2.93. The van der Waals surface area contributed by atoms with E-state index in [1.165, 1.54) is 29.0 Å². The van der Waals surface area contributed by atoms with Crippen molar-refractivity contribution in [3.8, 4) is 11.3 Å². The number of aromatic nitrogens is 3. The van der Waals surface area contributed by atoms with Crippen molar-refractivity contribution in [3.63, 3.8) is 0 Å². The van der Waals surface area contributed by atoms with Crippen molar-refractivity contribution in [2.75, 3.05) is 5.32 Å². The number of nitrogens with one attached hydrogen (secondary N) is 1. The van der Waals surface area contributed by atoms with Gasteiger partial charge in [-0.25, -0.2) is 13.9 Å². The third-order valence-electron chi connectivity index (χ3n) is 3.45. The van der Waals surface area contributed by atoms with Crippen LogP contribution in [0.2, 0.25) is 0 Å². The molecule has 2 aromatic heterocycles. The van der Waals surface area contributed by atoms with Crippen LogP contribution in [0.5, 0.6) is 0 Å². The average molecular weight is 324 g/mol. The Kier molecular flexibility index (Phi) is 3.51. The number of halogens is 1. The molecule has 4 aromatic rings. The van der Waals surface area contributed by atoms with Crippen molar-refractivity contribution in [1.29, 1.82) is 0 Å². The fourth-order valence-corrected chi connectivity index (χ4v) is 3.11. The second-order valence-electron chi connectivity index (χ2n) is 5.11. The summed E-state index contributed by atoms with van der Waals surface area (Å²) < 4.78 is 15.0. The molecule has 6 heteroatoms. The zero-order valence-electron chi connectivity index (χ0n) is 12.1. The first-order valence-electron chi connectivity index (χ1n) is 7.18. The van der Waals surface area contributed by atoms with Crippen LogP contribution in [0.3, 0.4) is 0 Å². The number of hydrogen-bond donors (Lipinski definition) is 1. The maximum absolute atomic E-state index is 13.3. The normalized spacial score (nSPS) is 11.0. The van der Waals surface area contributed by atoms with Crippen LogP contribution >= 0.6 is 11.3 Å². The molecule has 0 radical (unpaired) electrons. The van der Waals surface area contributed by atoms with Crippen LogP contribution in [0.1, 0.15) is 5.56 Å². The van der Waals surface area contributed by atoms with Crippen LogP contribution in [0.15, 0.2) is 60.8 Å². The summed E-state index contributed by atoms with van der Waals surface area (Å²) >= 11 is 1.47. The molecule has 0 aliphatic rings. The number of benzene rings is 2. The Morgan fingerprint density at radius 3 is 2.74 bits per heavy atom. The molecule has 0 unspecified atom stereocenters. The Labute approximate surface area is 136 Å². The van der Waals surface area contributed by atoms with E-state index < -0.39 is 0 Å². The van der Waals surface area contributed by atoms with Crippen LogP contribution in [-0.4, -0.2) is 14.6 Å². The Bertz CT molecular complexity index is 914. The average Bonchev–Trinajstić information content (AvgIpc) is 3.12. The number of anilines is 1. The van der Waals surface area contributed by atoms with Crippen LogP contribution in [0, 0.1) is 5.82 Å². The lowest BCUT2D eigenvalue weighted by molar-refractivity contribution is 0.628. The molecule has 4 nitrogen and oxygen atoms in total. The Balaban J connectivity index is 1.55. The van der Waals surface area contributed by atoms with Gasteiger partial charge < -0.3 is 5.32 Å².